The molecule has 1 aromatic rings. The van der Waals surface area contributed by atoms with Crippen molar-refractivity contribution in [2.45, 2.75) is 91.9 Å². The van der Waals surface area contributed by atoms with Gasteiger partial charge in [-0.3, -0.25) is 19.2 Å². The van der Waals surface area contributed by atoms with Gasteiger partial charge in [-0.25, -0.2) is 10.0 Å². The van der Waals surface area contributed by atoms with E-state index in [9.17, 15) is 19.2 Å². The first kappa shape index (κ1) is 29.4. The van der Waals surface area contributed by atoms with Gasteiger partial charge in [0.2, 0.25) is 0 Å². The van der Waals surface area contributed by atoms with Crippen LogP contribution in [0.1, 0.15) is 113 Å². The van der Waals surface area contributed by atoms with Crippen molar-refractivity contribution in [3.8, 4) is 0 Å². The molecule has 0 fully saturated rings. The van der Waals surface area contributed by atoms with Crippen LogP contribution in [0.3, 0.4) is 0 Å². The number of amides is 2. The molecule has 2 unspecified atom stereocenters. The minimum absolute atomic E-state index is 0.290. The second-order valence-electron chi connectivity index (χ2n) is 10.4. The zero-order chi connectivity index (χ0) is 27.7. The van der Waals surface area contributed by atoms with E-state index in [0.717, 1.165) is 51.4 Å². The molecule has 8 heteroatoms. The van der Waals surface area contributed by atoms with Crippen molar-refractivity contribution in [2.24, 2.45) is 22.0 Å². The Bertz CT molecular complexity index is 991. The maximum atomic E-state index is 13.2. The summed E-state index contributed by atoms with van der Waals surface area (Å²) in [6.45, 7) is 8.76. The summed E-state index contributed by atoms with van der Waals surface area (Å²) in [6, 6.07) is 6.23. The Hall–Kier alpha value is -3.16. The highest BCUT2D eigenvalue weighted by atomic mass is 16.2. The SMILES string of the molecule is CCCCCCCN1N=C(C)C(C(=O)c2ccc(C(=O)C3C(=O)N(CCCCCCC)N=C3C)cc2)C1=O. The van der Waals surface area contributed by atoms with Gasteiger partial charge in [0.05, 0.1) is 11.4 Å². The molecule has 0 spiro atoms. The van der Waals surface area contributed by atoms with E-state index < -0.39 is 11.8 Å². The van der Waals surface area contributed by atoms with Crippen LogP contribution in [-0.4, -0.2) is 57.9 Å². The summed E-state index contributed by atoms with van der Waals surface area (Å²) in [5.74, 6) is -3.09. The Morgan fingerprint density at radius 1 is 0.632 bits per heavy atom. The average Bonchev–Trinajstić information content (AvgIpc) is 3.35. The molecular formula is C30H42N4O4. The van der Waals surface area contributed by atoms with E-state index >= 15 is 0 Å². The van der Waals surface area contributed by atoms with Gasteiger partial charge in [0.1, 0.15) is 11.8 Å². The lowest BCUT2D eigenvalue weighted by molar-refractivity contribution is -0.131. The highest BCUT2D eigenvalue weighted by molar-refractivity contribution is 6.28. The third kappa shape index (κ3) is 7.03. The van der Waals surface area contributed by atoms with Crippen molar-refractivity contribution in [2.75, 3.05) is 13.1 Å². The summed E-state index contributed by atoms with van der Waals surface area (Å²) in [4.78, 5) is 52.2. The molecule has 1 aromatic carbocycles. The molecule has 2 heterocycles. The number of carbonyl (C=O) groups is 4. The van der Waals surface area contributed by atoms with Gasteiger partial charge in [-0.15, -0.1) is 0 Å². The maximum Gasteiger partial charge on any atom is 0.259 e. The highest BCUT2D eigenvalue weighted by Gasteiger charge is 2.40. The minimum Gasteiger partial charge on any atom is -0.293 e. The largest absolute Gasteiger partial charge is 0.293 e. The lowest BCUT2D eigenvalue weighted by atomic mass is 9.90. The smallest absolute Gasteiger partial charge is 0.259 e. The number of hydrazone groups is 2. The molecule has 0 N–H and O–H groups in total. The Labute approximate surface area is 226 Å². The molecule has 0 saturated carbocycles. The van der Waals surface area contributed by atoms with Gasteiger partial charge in [-0.2, -0.15) is 10.2 Å². The van der Waals surface area contributed by atoms with E-state index in [-0.39, 0.29) is 23.4 Å². The molecular weight excluding hydrogens is 480 g/mol. The summed E-state index contributed by atoms with van der Waals surface area (Å²) in [6.07, 6.45) is 10.7. The molecule has 2 atom stereocenters. The summed E-state index contributed by atoms with van der Waals surface area (Å²) in [5.41, 5.74) is 1.67. The predicted molar refractivity (Wildman–Crippen MR) is 149 cm³/mol. The molecule has 0 bridgehead atoms. The van der Waals surface area contributed by atoms with Crippen molar-refractivity contribution < 1.29 is 19.2 Å². The number of Topliss-reactive ketones (excluding diaryl/α,β-unsaturated/α-hetero) is 2. The second kappa shape index (κ2) is 14.1. The summed E-state index contributed by atoms with van der Waals surface area (Å²) in [5, 5.41) is 11.5. The van der Waals surface area contributed by atoms with E-state index in [0.29, 0.717) is 35.6 Å². The van der Waals surface area contributed by atoms with E-state index in [1.54, 1.807) is 38.1 Å². The van der Waals surface area contributed by atoms with Crippen LogP contribution in [0.2, 0.25) is 0 Å². The van der Waals surface area contributed by atoms with Crippen molar-refractivity contribution in [3.05, 3.63) is 35.4 Å². The van der Waals surface area contributed by atoms with E-state index in [1.807, 2.05) is 0 Å². The number of unbranched alkanes of at least 4 members (excludes halogenated alkanes) is 8. The molecule has 0 aromatic heterocycles. The second-order valence-corrected chi connectivity index (χ2v) is 10.4. The lowest BCUT2D eigenvalue weighted by Crippen LogP contribution is -2.34. The fourth-order valence-electron chi connectivity index (χ4n) is 5.04. The summed E-state index contributed by atoms with van der Waals surface area (Å²) in [7, 11) is 0. The molecule has 0 saturated heterocycles. The molecule has 2 aliphatic rings. The third-order valence-electron chi connectivity index (χ3n) is 7.32. The van der Waals surface area contributed by atoms with Crippen LogP contribution < -0.4 is 0 Å². The summed E-state index contributed by atoms with van der Waals surface area (Å²) < 4.78 is 0. The van der Waals surface area contributed by atoms with Gasteiger partial charge in [-0.05, 0) is 26.7 Å². The first-order chi connectivity index (χ1) is 18.3. The van der Waals surface area contributed by atoms with Crippen molar-refractivity contribution in [1.82, 2.24) is 10.0 Å². The molecule has 0 radical (unpaired) electrons. The Balaban J connectivity index is 1.58. The number of hydrogen-bond donors (Lipinski definition) is 0. The van der Waals surface area contributed by atoms with Crippen molar-refractivity contribution >= 4 is 34.8 Å². The molecule has 2 aliphatic heterocycles. The van der Waals surface area contributed by atoms with Crippen molar-refractivity contribution in [1.29, 1.82) is 0 Å². The average molecular weight is 523 g/mol. The minimum atomic E-state index is -0.927. The van der Waals surface area contributed by atoms with Crippen LogP contribution in [0.15, 0.2) is 34.5 Å². The maximum absolute atomic E-state index is 13.2. The number of nitrogens with zero attached hydrogens (tertiary/aromatic N) is 4. The zero-order valence-corrected chi connectivity index (χ0v) is 23.4. The monoisotopic (exact) mass is 522 g/mol. The van der Waals surface area contributed by atoms with Gasteiger partial charge < -0.3 is 0 Å². The predicted octanol–water partition coefficient (Wildman–Crippen LogP) is 5.66. The quantitative estimate of drug-likeness (QED) is 0.159. The van der Waals surface area contributed by atoms with E-state index in [4.69, 9.17) is 0 Å². The van der Waals surface area contributed by atoms with Crippen LogP contribution in [-0.2, 0) is 9.59 Å². The molecule has 38 heavy (non-hydrogen) atoms. The number of ketones is 2. The number of benzene rings is 1. The standard InChI is InChI=1S/C30H42N4O4/c1-5-7-9-11-13-19-33-29(37)25(21(3)31-33)27(35)23-15-17-24(18-16-23)28(36)26-22(4)32-34(30(26)38)20-14-12-10-8-6-2/h15-18,25-26H,5-14,19-20H2,1-4H3. The molecule has 3 rings (SSSR count). The lowest BCUT2D eigenvalue weighted by Gasteiger charge is -2.15. The highest BCUT2D eigenvalue weighted by Crippen LogP contribution is 2.24. The fourth-order valence-corrected chi connectivity index (χ4v) is 5.04. The topological polar surface area (TPSA) is 99.5 Å². The van der Waals surface area contributed by atoms with Crippen LogP contribution in [0.25, 0.3) is 0 Å². The molecule has 8 nitrogen and oxygen atoms in total. The van der Waals surface area contributed by atoms with Crippen LogP contribution >= 0.6 is 0 Å². The first-order valence-corrected chi connectivity index (χ1v) is 14.2. The van der Waals surface area contributed by atoms with Gasteiger partial charge in [0, 0.05) is 24.2 Å². The number of hydrogen-bond acceptors (Lipinski definition) is 6. The molecule has 2 amide bonds. The summed E-state index contributed by atoms with van der Waals surface area (Å²) >= 11 is 0. The van der Waals surface area contributed by atoms with Gasteiger partial charge in [0.15, 0.2) is 11.6 Å². The van der Waals surface area contributed by atoms with Crippen molar-refractivity contribution in [3.63, 3.8) is 0 Å². The van der Waals surface area contributed by atoms with Gasteiger partial charge in [0.25, 0.3) is 11.8 Å². The Kier molecular flexibility index (Phi) is 10.9. The Morgan fingerprint density at radius 2 is 0.974 bits per heavy atom. The van der Waals surface area contributed by atoms with Crippen LogP contribution in [0.4, 0.5) is 0 Å². The van der Waals surface area contributed by atoms with Gasteiger partial charge in [-0.1, -0.05) is 89.5 Å². The van der Waals surface area contributed by atoms with Crippen LogP contribution in [0, 0.1) is 11.8 Å². The van der Waals surface area contributed by atoms with E-state index in [1.165, 1.54) is 22.9 Å². The Morgan fingerprint density at radius 3 is 1.32 bits per heavy atom. The number of rotatable bonds is 16. The molecule has 0 aliphatic carbocycles. The molecule has 206 valence electrons. The van der Waals surface area contributed by atoms with Crippen LogP contribution in [0.5, 0.6) is 0 Å². The number of carbonyl (C=O) groups excluding carboxylic acids is 4. The normalized spacial score (nSPS) is 19.3. The van der Waals surface area contributed by atoms with Gasteiger partial charge >= 0.3 is 0 Å². The fraction of sp³-hybridized carbons (Fsp3) is 0.600. The third-order valence-corrected chi connectivity index (χ3v) is 7.32. The zero-order valence-electron chi connectivity index (χ0n) is 23.4. The first-order valence-electron chi connectivity index (χ1n) is 14.2. The van der Waals surface area contributed by atoms with E-state index in [2.05, 4.69) is 24.1 Å².